The Morgan fingerprint density at radius 3 is 2.73 bits per heavy atom. The van der Waals surface area contributed by atoms with Gasteiger partial charge in [0.05, 0.1) is 19.1 Å². The molecule has 1 aromatic carbocycles. The van der Waals surface area contributed by atoms with Crippen molar-refractivity contribution >= 4 is 11.6 Å². The van der Waals surface area contributed by atoms with Crippen molar-refractivity contribution in [3.8, 4) is 11.8 Å². The van der Waals surface area contributed by atoms with Crippen LogP contribution in [-0.4, -0.2) is 19.1 Å². The van der Waals surface area contributed by atoms with E-state index in [1.54, 1.807) is 0 Å². The molecule has 0 saturated carbocycles. The molecule has 0 aromatic heterocycles. The molecule has 1 aliphatic heterocycles. The molecule has 0 atom stereocenters. The Hall–Kier alpha value is -1.01. The molecule has 1 aliphatic rings. The van der Waals surface area contributed by atoms with Gasteiger partial charge in [-0.25, -0.2) is 0 Å². The highest BCUT2D eigenvalue weighted by molar-refractivity contribution is 6.19. The van der Waals surface area contributed by atoms with E-state index in [0.29, 0.717) is 19.1 Å². The predicted molar refractivity (Wildman–Crippen MR) is 58.7 cm³/mol. The average molecular weight is 223 g/mol. The first-order valence-electron chi connectivity index (χ1n) is 4.79. The van der Waals surface area contributed by atoms with Crippen molar-refractivity contribution in [3.63, 3.8) is 0 Å². The van der Waals surface area contributed by atoms with Crippen molar-refractivity contribution in [2.75, 3.05) is 19.1 Å². The summed E-state index contributed by atoms with van der Waals surface area (Å²) in [6.45, 7) is 1.28. The molecule has 3 heteroatoms. The number of ether oxygens (including phenoxy) is 2. The molecule has 78 valence electrons. The van der Waals surface area contributed by atoms with E-state index in [4.69, 9.17) is 21.1 Å². The van der Waals surface area contributed by atoms with Gasteiger partial charge in [-0.05, 0) is 6.07 Å². The minimum Gasteiger partial charge on any atom is -0.346 e. The molecule has 0 spiro atoms. The Morgan fingerprint density at radius 1 is 1.27 bits per heavy atom. The second-order valence-corrected chi connectivity index (χ2v) is 3.36. The molecular weight excluding hydrogens is 212 g/mol. The number of hydrogen-bond donors (Lipinski definition) is 0. The predicted octanol–water partition coefficient (Wildman–Crippen LogP) is 2.32. The van der Waals surface area contributed by atoms with Crippen LogP contribution in [0.5, 0.6) is 0 Å². The highest BCUT2D eigenvalue weighted by Crippen LogP contribution is 2.25. The van der Waals surface area contributed by atoms with Gasteiger partial charge in [-0.15, -0.1) is 11.6 Å². The zero-order valence-corrected chi connectivity index (χ0v) is 8.96. The van der Waals surface area contributed by atoms with Gasteiger partial charge >= 0.3 is 0 Å². The summed E-state index contributed by atoms with van der Waals surface area (Å²) in [5.41, 5.74) is 1.90. The van der Waals surface area contributed by atoms with Crippen molar-refractivity contribution < 1.29 is 9.47 Å². The second kappa shape index (κ2) is 5.18. The van der Waals surface area contributed by atoms with Gasteiger partial charge in [-0.2, -0.15) is 0 Å². The first kappa shape index (κ1) is 10.5. The molecule has 0 bridgehead atoms. The lowest BCUT2D eigenvalue weighted by Crippen LogP contribution is -2.00. The third-order valence-electron chi connectivity index (χ3n) is 2.13. The molecule has 15 heavy (non-hydrogen) atoms. The van der Waals surface area contributed by atoms with Crippen molar-refractivity contribution in [3.05, 3.63) is 35.4 Å². The lowest BCUT2D eigenvalue weighted by Gasteiger charge is -2.10. The van der Waals surface area contributed by atoms with Crippen LogP contribution in [0.2, 0.25) is 0 Å². The van der Waals surface area contributed by atoms with Gasteiger partial charge in [0.25, 0.3) is 0 Å². The summed E-state index contributed by atoms with van der Waals surface area (Å²) in [7, 11) is 0. The molecule has 1 aromatic rings. The Bertz CT molecular complexity index is 386. The minimum atomic E-state index is -0.272. The SMILES string of the molecule is ClCC#Cc1ccccc1C1OCCO1. The average Bonchev–Trinajstić information content (AvgIpc) is 2.80. The summed E-state index contributed by atoms with van der Waals surface area (Å²) in [6.07, 6.45) is -0.272. The van der Waals surface area contributed by atoms with E-state index in [2.05, 4.69) is 11.8 Å². The first-order valence-corrected chi connectivity index (χ1v) is 5.32. The maximum atomic E-state index is 5.53. The fourth-order valence-corrected chi connectivity index (χ4v) is 1.55. The first-order chi connectivity index (χ1) is 7.42. The molecule has 2 nitrogen and oxygen atoms in total. The zero-order valence-electron chi connectivity index (χ0n) is 8.20. The van der Waals surface area contributed by atoms with E-state index in [1.165, 1.54) is 0 Å². The smallest absolute Gasteiger partial charge is 0.185 e. The van der Waals surface area contributed by atoms with E-state index >= 15 is 0 Å². The summed E-state index contributed by atoms with van der Waals surface area (Å²) in [5, 5.41) is 0. The Balaban J connectivity index is 2.28. The third kappa shape index (κ3) is 2.51. The van der Waals surface area contributed by atoms with Gasteiger partial charge < -0.3 is 9.47 Å². The molecule has 1 saturated heterocycles. The number of halogens is 1. The monoisotopic (exact) mass is 222 g/mol. The van der Waals surface area contributed by atoms with Crippen molar-refractivity contribution in [1.29, 1.82) is 0 Å². The van der Waals surface area contributed by atoms with Crippen LogP contribution in [0.4, 0.5) is 0 Å². The largest absolute Gasteiger partial charge is 0.346 e. The van der Waals surface area contributed by atoms with E-state index in [0.717, 1.165) is 11.1 Å². The number of hydrogen-bond acceptors (Lipinski definition) is 2. The number of benzene rings is 1. The molecule has 0 radical (unpaired) electrons. The maximum absolute atomic E-state index is 5.53. The van der Waals surface area contributed by atoms with Crippen LogP contribution < -0.4 is 0 Å². The van der Waals surface area contributed by atoms with Crippen LogP contribution in [0, 0.1) is 11.8 Å². The molecule has 0 amide bonds. The molecule has 2 rings (SSSR count). The minimum absolute atomic E-state index is 0.272. The van der Waals surface area contributed by atoms with Crippen LogP contribution in [0.3, 0.4) is 0 Å². The van der Waals surface area contributed by atoms with Gasteiger partial charge in [0.1, 0.15) is 0 Å². The lowest BCUT2D eigenvalue weighted by molar-refractivity contribution is -0.0442. The molecule has 0 N–H and O–H groups in total. The summed E-state index contributed by atoms with van der Waals surface area (Å²) in [4.78, 5) is 0. The summed E-state index contributed by atoms with van der Waals surface area (Å²) in [6, 6.07) is 7.80. The number of alkyl halides is 1. The Labute approximate surface area is 94.1 Å². The topological polar surface area (TPSA) is 18.5 Å². The van der Waals surface area contributed by atoms with Gasteiger partial charge in [0, 0.05) is 11.1 Å². The summed E-state index contributed by atoms with van der Waals surface area (Å²) < 4.78 is 10.9. The van der Waals surface area contributed by atoms with Crippen LogP contribution in [-0.2, 0) is 9.47 Å². The van der Waals surface area contributed by atoms with E-state index < -0.39 is 0 Å². The highest BCUT2D eigenvalue weighted by Gasteiger charge is 2.20. The van der Waals surface area contributed by atoms with Crippen LogP contribution >= 0.6 is 11.6 Å². The molecule has 1 heterocycles. The third-order valence-corrected chi connectivity index (χ3v) is 2.26. The Kier molecular flexibility index (Phi) is 3.63. The van der Waals surface area contributed by atoms with Crippen LogP contribution in [0.25, 0.3) is 0 Å². The Morgan fingerprint density at radius 2 is 2.00 bits per heavy atom. The quantitative estimate of drug-likeness (QED) is 0.536. The van der Waals surface area contributed by atoms with Gasteiger partial charge in [0.15, 0.2) is 6.29 Å². The van der Waals surface area contributed by atoms with Crippen molar-refractivity contribution in [2.45, 2.75) is 6.29 Å². The highest BCUT2D eigenvalue weighted by atomic mass is 35.5. The maximum Gasteiger partial charge on any atom is 0.185 e. The summed E-state index contributed by atoms with van der Waals surface area (Å²) >= 11 is 5.53. The van der Waals surface area contributed by atoms with Crippen molar-refractivity contribution in [2.24, 2.45) is 0 Å². The second-order valence-electron chi connectivity index (χ2n) is 3.10. The van der Waals surface area contributed by atoms with E-state index in [1.807, 2.05) is 24.3 Å². The van der Waals surface area contributed by atoms with Crippen LogP contribution in [0.15, 0.2) is 24.3 Å². The number of rotatable bonds is 1. The summed E-state index contributed by atoms with van der Waals surface area (Å²) in [5.74, 6) is 6.16. The molecule has 0 aliphatic carbocycles. The van der Waals surface area contributed by atoms with Gasteiger partial charge in [-0.3, -0.25) is 0 Å². The molecule has 0 unspecified atom stereocenters. The standard InChI is InChI=1S/C12H11ClO2/c13-7-3-5-10-4-1-2-6-11(10)12-14-8-9-15-12/h1-2,4,6,12H,7-9H2. The van der Waals surface area contributed by atoms with Gasteiger partial charge in [0.2, 0.25) is 0 Å². The normalized spacial score (nSPS) is 16.1. The van der Waals surface area contributed by atoms with E-state index in [-0.39, 0.29) is 6.29 Å². The van der Waals surface area contributed by atoms with Crippen molar-refractivity contribution in [1.82, 2.24) is 0 Å². The zero-order chi connectivity index (χ0) is 10.5. The lowest BCUT2D eigenvalue weighted by atomic mass is 10.1. The van der Waals surface area contributed by atoms with Crippen LogP contribution in [0.1, 0.15) is 17.4 Å². The molecule has 1 fully saturated rings. The fraction of sp³-hybridized carbons (Fsp3) is 0.333. The fourth-order valence-electron chi connectivity index (χ4n) is 1.48. The van der Waals surface area contributed by atoms with Gasteiger partial charge in [-0.1, -0.05) is 30.0 Å². The van der Waals surface area contributed by atoms with E-state index in [9.17, 15) is 0 Å². The molecular formula is C12H11ClO2.